The molecule has 206 valence electrons. The van der Waals surface area contributed by atoms with Crippen LogP contribution in [0.1, 0.15) is 89.5 Å². The number of anilines is 3. The summed E-state index contributed by atoms with van der Waals surface area (Å²) in [6, 6.07) is 15.3. The summed E-state index contributed by atoms with van der Waals surface area (Å²) >= 11 is 6.67. The van der Waals surface area contributed by atoms with Gasteiger partial charge in [-0.05, 0) is 30.2 Å². The van der Waals surface area contributed by atoms with Gasteiger partial charge in [0.25, 0.3) is 0 Å². The maximum Gasteiger partial charge on any atom is 0.232 e. The summed E-state index contributed by atoms with van der Waals surface area (Å²) in [6.45, 7) is 2.90. The summed E-state index contributed by atoms with van der Waals surface area (Å²) in [7, 11) is -3.37. The molecular formula is C30H41ClN4O2S. The minimum Gasteiger partial charge on any atom is -0.339 e. The van der Waals surface area contributed by atoms with Gasteiger partial charge in [-0.1, -0.05) is 119 Å². The van der Waals surface area contributed by atoms with E-state index in [0.29, 0.717) is 29.4 Å². The van der Waals surface area contributed by atoms with Crippen LogP contribution >= 0.6 is 11.6 Å². The number of nitrogens with zero attached hydrogens (tertiary/aromatic N) is 2. The quantitative estimate of drug-likeness (QED) is 0.135. The Morgan fingerprint density at radius 2 is 1.47 bits per heavy atom. The molecule has 0 unspecified atom stereocenters. The highest BCUT2D eigenvalue weighted by Crippen LogP contribution is 2.39. The largest absolute Gasteiger partial charge is 0.339 e. The molecule has 3 aromatic rings. The maximum absolute atomic E-state index is 12.6. The first-order valence-corrected chi connectivity index (χ1v) is 16.2. The van der Waals surface area contributed by atoms with Crippen LogP contribution in [-0.4, -0.2) is 24.0 Å². The Balaban J connectivity index is 1.19. The minimum absolute atomic E-state index is 0.151. The van der Waals surface area contributed by atoms with Gasteiger partial charge in [0, 0.05) is 16.9 Å². The van der Waals surface area contributed by atoms with E-state index in [1.165, 1.54) is 57.8 Å². The topological polar surface area (TPSA) is 76.0 Å². The molecule has 6 nitrogen and oxygen atoms in total. The molecule has 2 N–H and O–H groups in total. The van der Waals surface area contributed by atoms with Crippen molar-refractivity contribution >= 4 is 38.8 Å². The molecule has 0 spiro atoms. The standard InChI is InChI=1S/C30H41ClN4O2S/c1-2-3-4-5-6-7-8-9-10-11-12-15-22-38(36,37)34-26-20-18-24(19-21-26)29-28(31)30-32-27-17-14-13-16-25(27)23-35(30)33-29/h13-14,16-21,32,34H,2-12,15,22-23H2,1H3. The zero-order valence-electron chi connectivity index (χ0n) is 22.5. The van der Waals surface area contributed by atoms with Gasteiger partial charge in [0.05, 0.1) is 12.3 Å². The van der Waals surface area contributed by atoms with Crippen LogP contribution in [-0.2, 0) is 16.6 Å². The molecule has 2 heterocycles. The van der Waals surface area contributed by atoms with Crippen molar-refractivity contribution in [3.8, 4) is 11.3 Å². The van der Waals surface area contributed by atoms with Crippen LogP contribution in [0.4, 0.5) is 17.2 Å². The molecule has 1 aliphatic heterocycles. The lowest BCUT2D eigenvalue weighted by Crippen LogP contribution is -2.16. The SMILES string of the molecule is CCCCCCCCCCCCCCS(=O)(=O)Nc1ccc(-c2nn3c(c2Cl)Nc2ccccc2C3)cc1. The highest BCUT2D eigenvalue weighted by Gasteiger charge is 2.23. The first-order chi connectivity index (χ1) is 18.5. The van der Waals surface area contributed by atoms with Crippen molar-refractivity contribution in [3.63, 3.8) is 0 Å². The summed E-state index contributed by atoms with van der Waals surface area (Å²) in [5.41, 5.74) is 4.26. The van der Waals surface area contributed by atoms with Crippen LogP contribution < -0.4 is 10.0 Å². The number of rotatable bonds is 16. The summed E-state index contributed by atoms with van der Waals surface area (Å²) in [4.78, 5) is 0. The van der Waals surface area contributed by atoms with E-state index in [0.717, 1.165) is 35.5 Å². The Morgan fingerprint density at radius 1 is 0.868 bits per heavy atom. The number of halogens is 1. The van der Waals surface area contributed by atoms with Gasteiger partial charge in [0.1, 0.15) is 16.5 Å². The number of nitrogens with one attached hydrogen (secondary N) is 2. The Bertz CT molecular complexity index is 1270. The van der Waals surface area contributed by atoms with Gasteiger partial charge < -0.3 is 5.32 Å². The van der Waals surface area contributed by atoms with Gasteiger partial charge in [-0.2, -0.15) is 5.10 Å². The second-order valence-corrected chi connectivity index (χ2v) is 12.6. The Kier molecular flexibility index (Phi) is 10.5. The number of unbranched alkanes of at least 4 members (excludes halogenated alkanes) is 11. The predicted octanol–water partition coefficient (Wildman–Crippen LogP) is 8.75. The van der Waals surface area contributed by atoms with Gasteiger partial charge in [-0.15, -0.1) is 0 Å². The highest BCUT2D eigenvalue weighted by molar-refractivity contribution is 7.92. The molecule has 1 aromatic heterocycles. The lowest BCUT2D eigenvalue weighted by molar-refractivity contribution is 0.546. The number of hydrogen-bond donors (Lipinski definition) is 2. The van der Waals surface area contributed by atoms with Gasteiger partial charge in [-0.25, -0.2) is 13.1 Å². The summed E-state index contributed by atoms with van der Waals surface area (Å²) in [6.07, 6.45) is 14.6. The number of benzene rings is 2. The fraction of sp³-hybridized carbons (Fsp3) is 0.500. The van der Waals surface area contributed by atoms with Crippen molar-refractivity contribution < 1.29 is 8.42 Å². The first-order valence-electron chi connectivity index (χ1n) is 14.2. The van der Waals surface area contributed by atoms with E-state index < -0.39 is 10.0 Å². The van der Waals surface area contributed by atoms with E-state index >= 15 is 0 Å². The molecule has 0 aliphatic carbocycles. The van der Waals surface area contributed by atoms with Gasteiger partial charge >= 0.3 is 0 Å². The summed E-state index contributed by atoms with van der Waals surface area (Å²) in [5.74, 6) is 0.922. The second kappa shape index (κ2) is 14.0. The second-order valence-electron chi connectivity index (χ2n) is 10.3. The zero-order valence-corrected chi connectivity index (χ0v) is 24.1. The number of sulfonamides is 1. The van der Waals surface area contributed by atoms with Gasteiger partial charge in [0.15, 0.2) is 0 Å². The molecule has 4 rings (SSSR count). The van der Waals surface area contributed by atoms with E-state index in [9.17, 15) is 8.42 Å². The normalized spacial score (nSPS) is 12.6. The Hall–Kier alpha value is -2.51. The first kappa shape index (κ1) is 28.5. The molecular weight excluding hydrogens is 516 g/mol. The average Bonchev–Trinajstić information content (AvgIpc) is 3.23. The third kappa shape index (κ3) is 8.00. The van der Waals surface area contributed by atoms with Crippen LogP contribution in [0, 0.1) is 0 Å². The number of para-hydroxylation sites is 1. The lowest BCUT2D eigenvalue weighted by Gasteiger charge is -2.19. The third-order valence-electron chi connectivity index (χ3n) is 7.18. The van der Waals surface area contributed by atoms with Crippen LogP contribution in [0.25, 0.3) is 11.3 Å². The molecule has 0 bridgehead atoms. The highest BCUT2D eigenvalue weighted by atomic mass is 35.5. The van der Waals surface area contributed by atoms with E-state index in [-0.39, 0.29) is 5.75 Å². The monoisotopic (exact) mass is 556 g/mol. The van der Waals surface area contributed by atoms with Crippen LogP contribution in [0.2, 0.25) is 5.02 Å². The Labute approximate surface area is 233 Å². The predicted molar refractivity (Wildman–Crippen MR) is 160 cm³/mol. The fourth-order valence-corrected chi connectivity index (χ4v) is 6.46. The number of hydrogen-bond acceptors (Lipinski definition) is 4. The molecule has 38 heavy (non-hydrogen) atoms. The average molecular weight is 557 g/mol. The molecule has 0 fully saturated rings. The van der Waals surface area contributed by atoms with Crippen molar-refractivity contribution in [3.05, 3.63) is 59.1 Å². The summed E-state index contributed by atoms with van der Waals surface area (Å²) in [5, 5.41) is 8.63. The van der Waals surface area contributed by atoms with Gasteiger partial charge in [0.2, 0.25) is 10.0 Å². The van der Waals surface area contributed by atoms with Crippen molar-refractivity contribution in [2.45, 2.75) is 90.5 Å². The van der Waals surface area contributed by atoms with Crippen molar-refractivity contribution in [1.29, 1.82) is 0 Å². The lowest BCUT2D eigenvalue weighted by atomic mass is 10.1. The zero-order chi connectivity index (χ0) is 26.8. The third-order valence-corrected chi connectivity index (χ3v) is 8.91. The summed E-state index contributed by atoms with van der Waals surface area (Å²) < 4.78 is 29.7. The molecule has 0 saturated heterocycles. The van der Waals surface area contributed by atoms with Gasteiger partial charge in [-0.3, -0.25) is 4.72 Å². The van der Waals surface area contributed by atoms with Crippen LogP contribution in [0.5, 0.6) is 0 Å². The van der Waals surface area contributed by atoms with E-state index in [1.54, 1.807) is 12.1 Å². The van der Waals surface area contributed by atoms with E-state index in [1.807, 2.05) is 35.0 Å². The maximum atomic E-state index is 12.6. The van der Waals surface area contributed by atoms with E-state index in [2.05, 4.69) is 23.0 Å². The van der Waals surface area contributed by atoms with Crippen molar-refractivity contribution in [2.24, 2.45) is 0 Å². The molecule has 0 saturated carbocycles. The van der Waals surface area contributed by atoms with Crippen molar-refractivity contribution in [2.75, 3.05) is 15.8 Å². The molecule has 0 amide bonds. The molecule has 1 aliphatic rings. The van der Waals surface area contributed by atoms with Crippen LogP contribution in [0.3, 0.4) is 0 Å². The molecule has 2 aromatic carbocycles. The Morgan fingerprint density at radius 3 is 2.13 bits per heavy atom. The number of fused-ring (bicyclic) bond motifs is 2. The van der Waals surface area contributed by atoms with Crippen LogP contribution in [0.15, 0.2) is 48.5 Å². The number of aromatic nitrogens is 2. The van der Waals surface area contributed by atoms with E-state index in [4.69, 9.17) is 16.7 Å². The molecule has 0 radical (unpaired) electrons. The van der Waals surface area contributed by atoms with Crippen molar-refractivity contribution in [1.82, 2.24) is 9.78 Å². The fourth-order valence-electron chi connectivity index (χ4n) is 4.99. The minimum atomic E-state index is -3.37. The molecule has 8 heteroatoms. The molecule has 0 atom stereocenters. The smallest absolute Gasteiger partial charge is 0.232 e.